The number of carbonyl (C=O) groups is 1. The molecule has 2 aromatic rings. The fourth-order valence-electron chi connectivity index (χ4n) is 1.85. The Kier molecular flexibility index (Phi) is 3.88. The highest BCUT2D eigenvalue weighted by Crippen LogP contribution is 2.22. The first-order valence-corrected chi connectivity index (χ1v) is 6.01. The van der Waals surface area contributed by atoms with Crippen LogP contribution in [0.5, 0.6) is 0 Å². The Morgan fingerprint density at radius 1 is 1.55 bits per heavy atom. The second kappa shape index (κ2) is 5.60. The third-order valence-corrected chi connectivity index (χ3v) is 2.86. The fourth-order valence-corrected chi connectivity index (χ4v) is 1.85. The molecule has 0 bridgehead atoms. The summed E-state index contributed by atoms with van der Waals surface area (Å²) in [5.41, 5.74) is 6.38. The van der Waals surface area contributed by atoms with E-state index in [1.165, 1.54) is 6.07 Å². The topological polar surface area (TPSA) is 93.2 Å². The summed E-state index contributed by atoms with van der Waals surface area (Å²) < 4.78 is 15.4. The standard InChI is InChI=1S/C13H15FN4O2/c1-18-7-8(6-17-18)2-3-16-12-4-9(13(19)20)11(15)5-10(12)14/h4-7,16H,2-3,15H2,1H3,(H,19,20). The van der Waals surface area contributed by atoms with Crippen LogP contribution in [-0.4, -0.2) is 27.4 Å². The van der Waals surface area contributed by atoms with Crippen LogP contribution in [0.25, 0.3) is 0 Å². The summed E-state index contributed by atoms with van der Waals surface area (Å²) in [5.74, 6) is -1.75. The van der Waals surface area contributed by atoms with Crippen molar-refractivity contribution in [3.63, 3.8) is 0 Å². The molecule has 106 valence electrons. The maximum Gasteiger partial charge on any atom is 0.337 e. The Bertz CT molecular complexity index is 639. The van der Waals surface area contributed by atoms with Crippen molar-refractivity contribution in [1.82, 2.24) is 9.78 Å². The summed E-state index contributed by atoms with van der Waals surface area (Å²) in [6.07, 6.45) is 4.24. The minimum atomic E-state index is -1.18. The number of carboxylic acids is 1. The summed E-state index contributed by atoms with van der Waals surface area (Å²) in [6.45, 7) is 0.464. The van der Waals surface area contributed by atoms with Crippen molar-refractivity contribution in [2.45, 2.75) is 6.42 Å². The van der Waals surface area contributed by atoms with E-state index in [2.05, 4.69) is 10.4 Å². The molecule has 1 heterocycles. The number of hydrogen-bond donors (Lipinski definition) is 3. The van der Waals surface area contributed by atoms with Crippen molar-refractivity contribution in [2.75, 3.05) is 17.6 Å². The highest BCUT2D eigenvalue weighted by molar-refractivity contribution is 5.94. The van der Waals surface area contributed by atoms with Gasteiger partial charge in [0.15, 0.2) is 0 Å². The lowest BCUT2D eigenvalue weighted by atomic mass is 10.1. The van der Waals surface area contributed by atoms with Gasteiger partial charge >= 0.3 is 5.97 Å². The normalized spacial score (nSPS) is 10.5. The largest absolute Gasteiger partial charge is 0.478 e. The summed E-state index contributed by atoms with van der Waals surface area (Å²) in [7, 11) is 1.82. The molecule has 2 rings (SSSR count). The molecular formula is C13H15FN4O2. The quantitative estimate of drug-likeness (QED) is 0.721. The number of carboxylic acid groups (broad SMARTS) is 1. The van der Waals surface area contributed by atoms with Crippen LogP contribution >= 0.6 is 0 Å². The van der Waals surface area contributed by atoms with E-state index in [1.807, 2.05) is 13.2 Å². The molecule has 0 aliphatic rings. The molecule has 0 saturated heterocycles. The maximum atomic E-state index is 13.7. The number of nitrogens with one attached hydrogen (secondary N) is 1. The summed E-state index contributed by atoms with van der Waals surface area (Å²) in [5, 5.41) is 15.8. The molecule has 7 heteroatoms. The van der Waals surface area contributed by atoms with Crippen LogP contribution in [0.3, 0.4) is 0 Å². The average Bonchev–Trinajstić information content (AvgIpc) is 2.77. The molecule has 1 aromatic carbocycles. The minimum absolute atomic E-state index is 0.0900. The summed E-state index contributed by atoms with van der Waals surface area (Å²) in [6, 6.07) is 2.21. The highest BCUT2D eigenvalue weighted by atomic mass is 19.1. The van der Waals surface area contributed by atoms with Gasteiger partial charge in [-0.3, -0.25) is 4.68 Å². The van der Waals surface area contributed by atoms with Crippen LogP contribution < -0.4 is 11.1 Å². The number of hydrogen-bond acceptors (Lipinski definition) is 4. The highest BCUT2D eigenvalue weighted by Gasteiger charge is 2.13. The number of nitrogen functional groups attached to an aromatic ring is 1. The summed E-state index contributed by atoms with van der Waals surface area (Å²) in [4.78, 5) is 10.9. The van der Waals surface area contributed by atoms with E-state index >= 15 is 0 Å². The first-order valence-electron chi connectivity index (χ1n) is 6.01. The minimum Gasteiger partial charge on any atom is -0.478 e. The Hall–Kier alpha value is -2.57. The van der Waals surface area contributed by atoms with Gasteiger partial charge in [-0.05, 0) is 24.1 Å². The van der Waals surface area contributed by atoms with Gasteiger partial charge in [0.05, 0.1) is 17.4 Å². The number of rotatable bonds is 5. The average molecular weight is 278 g/mol. The van der Waals surface area contributed by atoms with Crippen molar-refractivity contribution >= 4 is 17.3 Å². The van der Waals surface area contributed by atoms with Gasteiger partial charge in [-0.1, -0.05) is 0 Å². The van der Waals surface area contributed by atoms with Gasteiger partial charge < -0.3 is 16.2 Å². The van der Waals surface area contributed by atoms with E-state index in [9.17, 15) is 9.18 Å². The molecule has 0 aliphatic carbocycles. The van der Waals surface area contributed by atoms with Gasteiger partial charge in [0.2, 0.25) is 0 Å². The van der Waals surface area contributed by atoms with Crippen molar-refractivity contribution in [3.05, 3.63) is 41.5 Å². The second-order valence-electron chi connectivity index (χ2n) is 4.42. The number of nitrogens with two attached hydrogens (primary N) is 1. The predicted molar refractivity (Wildman–Crippen MR) is 73.2 cm³/mol. The Balaban J connectivity index is 2.05. The molecule has 0 unspecified atom stereocenters. The number of aryl methyl sites for hydroxylation is 1. The van der Waals surface area contributed by atoms with E-state index in [4.69, 9.17) is 10.8 Å². The second-order valence-corrected chi connectivity index (χ2v) is 4.42. The van der Waals surface area contributed by atoms with Gasteiger partial charge in [-0.15, -0.1) is 0 Å². The molecule has 20 heavy (non-hydrogen) atoms. The van der Waals surface area contributed by atoms with Crippen molar-refractivity contribution in [3.8, 4) is 0 Å². The van der Waals surface area contributed by atoms with Crippen molar-refractivity contribution in [2.24, 2.45) is 7.05 Å². The van der Waals surface area contributed by atoms with E-state index in [0.29, 0.717) is 13.0 Å². The van der Waals surface area contributed by atoms with Gasteiger partial charge in [-0.2, -0.15) is 5.10 Å². The predicted octanol–water partition coefficient (Wildman–Crippen LogP) is 1.49. The lowest BCUT2D eigenvalue weighted by molar-refractivity contribution is 0.0698. The van der Waals surface area contributed by atoms with Crippen LogP contribution in [0.4, 0.5) is 15.8 Å². The third kappa shape index (κ3) is 3.05. The van der Waals surface area contributed by atoms with E-state index in [1.54, 1.807) is 10.9 Å². The number of benzene rings is 1. The molecule has 6 nitrogen and oxygen atoms in total. The zero-order valence-electron chi connectivity index (χ0n) is 10.9. The number of aromatic nitrogens is 2. The molecule has 0 radical (unpaired) electrons. The maximum absolute atomic E-state index is 13.7. The van der Waals surface area contributed by atoms with Crippen LogP contribution in [0.15, 0.2) is 24.5 Å². The lowest BCUT2D eigenvalue weighted by Crippen LogP contribution is -2.09. The smallest absolute Gasteiger partial charge is 0.337 e. The monoisotopic (exact) mass is 278 g/mol. The molecule has 0 atom stereocenters. The first kappa shape index (κ1) is 13.9. The van der Waals surface area contributed by atoms with Gasteiger partial charge in [0, 0.05) is 25.5 Å². The van der Waals surface area contributed by atoms with Gasteiger partial charge in [0.1, 0.15) is 5.82 Å². The molecule has 0 spiro atoms. The molecular weight excluding hydrogens is 263 g/mol. The Labute approximate surface area is 115 Å². The molecule has 1 aromatic heterocycles. The number of halogens is 1. The van der Waals surface area contributed by atoms with Gasteiger partial charge in [0.25, 0.3) is 0 Å². The SMILES string of the molecule is Cn1cc(CCNc2cc(C(=O)O)c(N)cc2F)cn1. The zero-order chi connectivity index (χ0) is 14.7. The molecule has 4 N–H and O–H groups in total. The van der Waals surface area contributed by atoms with E-state index < -0.39 is 11.8 Å². The zero-order valence-corrected chi connectivity index (χ0v) is 10.9. The molecule has 0 saturated carbocycles. The van der Waals surface area contributed by atoms with Gasteiger partial charge in [-0.25, -0.2) is 9.18 Å². The van der Waals surface area contributed by atoms with E-state index in [0.717, 1.165) is 11.6 Å². The van der Waals surface area contributed by atoms with Crippen LogP contribution in [0.2, 0.25) is 0 Å². The van der Waals surface area contributed by atoms with Crippen LogP contribution in [0, 0.1) is 5.82 Å². The molecule has 0 amide bonds. The first-order chi connectivity index (χ1) is 9.47. The Morgan fingerprint density at radius 3 is 2.90 bits per heavy atom. The summed E-state index contributed by atoms with van der Waals surface area (Å²) >= 11 is 0. The Morgan fingerprint density at radius 2 is 2.30 bits per heavy atom. The van der Waals surface area contributed by atoms with Crippen molar-refractivity contribution in [1.29, 1.82) is 0 Å². The number of anilines is 2. The van der Waals surface area contributed by atoms with Crippen molar-refractivity contribution < 1.29 is 14.3 Å². The number of nitrogens with zero attached hydrogens (tertiary/aromatic N) is 2. The molecule has 0 aliphatic heterocycles. The number of aromatic carboxylic acids is 1. The molecule has 0 fully saturated rings. The van der Waals surface area contributed by atoms with E-state index in [-0.39, 0.29) is 16.9 Å². The van der Waals surface area contributed by atoms with Crippen LogP contribution in [0.1, 0.15) is 15.9 Å². The fraction of sp³-hybridized carbons (Fsp3) is 0.231. The lowest BCUT2D eigenvalue weighted by Gasteiger charge is -2.09. The van der Waals surface area contributed by atoms with Crippen LogP contribution in [-0.2, 0) is 13.5 Å². The third-order valence-electron chi connectivity index (χ3n) is 2.86.